The molecule has 0 bridgehead atoms. The Morgan fingerprint density at radius 1 is 1.44 bits per heavy atom. The van der Waals surface area contributed by atoms with Gasteiger partial charge in [-0.25, -0.2) is 4.39 Å². The van der Waals surface area contributed by atoms with E-state index in [1.54, 1.807) is 12.1 Å². The second-order valence-electron chi connectivity index (χ2n) is 4.70. The second kappa shape index (κ2) is 4.93. The molecule has 0 radical (unpaired) electrons. The third-order valence-corrected chi connectivity index (χ3v) is 3.28. The largest absolute Gasteiger partial charge is 0.387 e. The first-order valence-electron chi connectivity index (χ1n) is 5.81. The van der Waals surface area contributed by atoms with E-state index in [2.05, 4.69) is 12.2 Å². The molecule has 0 amide bonds. The van der Waals surface area contributed by atoms with Crippen molar-refractivity contribution in [2.75, 3.05) is 13.1 Å². The summed E-state index contributed by atoms with van der Waals surface area (Å²) in [6.45, 7) is 3.75. The molecular formula is C13H18FNO. The van der Waals surface area contributed by atoms with Gasteiger partial charge in [0.25, 0.3) is 0 Å². The fourth-order valence-corrected chi connectivity index (χ4v) is 1.89. The second-order valence-corrected chi connectivity index (χ2v) is 4.70. The first-order valence-corrected chi connectivity index (χ1v) is 5.81. The molecule has 1 aliphatic carbocycles. The Labute approximate surface area is 95.5 Å². The highest BCUT2D eigenvalue weighted by Gasteiger charge is 2.31. The maximum atomic E-state index is 12.7. The van der Waals surface area contributed by atoms with E-state index >= 15 is 0 Å². The van der Waals surface area contributed by atoms with Crippen molar-refractivity contribution in [2.45, 2.75) is 19.4 Å². The molecule has 2 rings (SSSR count). The quantitative estimate of drug-likeness (QED) is 0.801. The van der Waals surface area contributed by atoms with Gasteiger partial charge in [-0.2, -0.15) is 0 Å². The summed E-state index contributed by atoms with van der Waals surface area (Å²) in [6.07, 6.45) is 0.745. The topological polar surface area (TPSA) is 32.3 Å². The van der Waals surface area contributed by atoms with Crippen molar-refractivity contribution in [2.24, 2.45) is 11.8 Å². The standard InChI is InChI=1S/C13H18FNO/c1-9-6-11(9)7-15-8-13(16)10-2-4-12(14)5-3-10/h2-5,9,11,13,15-16H,6-8H2,1H3. The van der Waals surface area contributed by atoms with Crippen LogP contribution >= 0.6 is 0 Å². The molecule has 3 atom stereocenters. The van der Waals surface area contributed by atoms with E-state index in [1.807, 2.05) is 0 Å². The first kappa shape index (κ1) is 11.6. The number of nitrogens with one attached hydrogen (secondary N) is 1. The highest BCUT2D eigenvalue weighted by Crippen LogP contribution is 2.36. The number of benzene rings is 1. The molecule has 0 heterocycles. The molecule has 1 fully saturated rings. The van der Waals surface area contributed by atoms with Crippen LogP contribution in [0.2, 0.25) is 0 Å². The van der Waals surface area contributed by atoms with E-state index in [0.29, 0.717) is 6.54 Å². The molecule has 0 spiro atoms. The Morgan fingerprint density at radius 2 is 2.06 bits per heavy atom. The van der Waals surface area contributed by atoms with Gasteiger partial charge < -0.3 is 10.4 Å². The van der Waals surface area contributed by atoms with Crippen molar-refractivity contribution in [3.8, 4) is 0 Å². The summed E-state index contributed by atoms with van der Waals surface area (Å²) in [5.41, 5.74) is 0.762. The number of rotatable bonds is 5. The van der Waals surface area contributed by atoms with Gasteiger partial charge in [0.05, 0.1) is 6.10 Å². The van der Waals surface area contributed by atoms with Crippen molar-refractivity contribution >= 4 is 0 Å². The molecule has 1 aliphatic rings. The van der Waals surface area contributed by atoms with Crippen LogP contribution in [0.15, 0.2) is 24.3 Å². The van der Waals surface area contributed by atoms with Crippen LogP contribution in [-0.2, 0) is 0 Å². The monoisotopic (exact) mass is 223 g/mol. The lowest BCUT2D eigenvalue weighted by molar-refractivity contribution is 0.174. The molecule has 0 aliphatic heterocycles. The lowest BCUT2D eigenvalue weighted by Crippen LogP contribution is -2.23. The molecule has 3 unspecified atom stereocenters. The molecule has 3 heteroatoms. The summed E-state index contributed by atoms with van der Waals surface area (Å²) in [4.78, 5) is 0. The number of aliphatic hydroxyl groups excluding tert-OH is 1. The van der Waals surface area contributed by atoms with E-state index in [4.69, 9.17) is 0 Å². The number of hydrogen-bond acceptors (Lipinski definition) is 2. The third-order valence-electron chi connectivity index (χ3n) is 3.28. The van der Waals surface area contributed by atoms with E-state index in [-0.39, 0.29) is 5.82 Å². The van der Waals surface area contributed by atoms with Crippen LogP contribution in [0.3, 0.4) is 0 Å². The minimum Gasteiger partial charge on any atom is -0.387 e. The fourth-order valence-electron chi connectivity index (χ4n) is 1.89. The molecule has 1 aromatic rings. The van der Waals surface area contributed by atoms with Gasteiger partial charge in [-0.05, 0) is 42.5 Å². The van der Waals surface area contributed by atoms with Gasteiger partial charge >= 0.3 is 0 Å². The van der Waals surface area contributed by atoms with Crippen LogP contribution in [0.25, 0.3) is 0 Å². The number of aliphatic hydroxyl groups is 1. The Bertz CT molecular complexity index is 338. The lowest BCUT2D eigenvalue weighted by atomic mass is 10.1. The number of hydrogen-bond donors (Lipinski definition) is 2. The third kappa shape index (κ3) is 3.03. The molecular weight excluding hydrogens is 205 g/mol. The summed E-state index contributed by atoms with van der Waals surface area (Å²) in [7, 11) is 0. The highest BCUT2D eigenvalue weighted by molar-refractivity contribution is 5.18. The van der Waals surface area contributed by atoms with Gasteiger partial charge in [0.1, 0.15) is 5.82 Å². The van der Waals surface area contributed by atoms with E-state index < -0.39 is 6.10 Å². The SMILES string of the molecule is CC1CC1CNCC(O)c1ccc(F)cc1. The Balaban J connectivity index is 1.74. The van der Waals surface area contributed by atoms with Crippen LogP contribution in [0, 0.1) is 17.7 Å². The maximum Gasteiger partial charge on any atom is 0.123 e. The molecule has 88 valence electrons. The van der Waals surface area contributed by atoms with E-state index in [9.17, 15) is 9.50 Å². The molecule has 1 aromatic carbocycles. The smallest absolute Gasteiger partial charge is 0.123 e. The van der Waals surface area contributed by atoms with Crippen molar-refractivity contribution < 1.29 is 9.50 Å². The minimum absolute atomic E-state index is 0.268. The lowest BCUT2D eigenvalue weighted by Gasteiger charge is -2.11. The summed E-state index contributed by atoms with van der Waals surface area (Å²) >= 11 is 0. The minimum atomic E-state index is -0.547. The van der Waals surface area contributed by atoms with Crippen molar-refractivity contribution in [1.29, 1.82) is 0 Å². The van der Waals surface area contributed by atoms with Crippen LogP contribution in [-0.4, -0.2) is 18.2 Å². The number of halogens is 1. The molecule has 2 nitrogen and oxygen atoms in total. The van der Waals surface area contributed by atoms with Gasteiger partial charge in [-0.15, -0.1) is 0 Å². The van der Waals surface area contributed by atoms with Crippen molar-refractivity contribution in [1.82, 2.24) is 5.32 Å². The molecule has 0 aromatic heterocycles. The van der Waals surface area contributed by atoms with Gasteiger partial charge in [0.2, 0.25) is 0 Å². The van der Waals surface area contributed by atoms with Crippen LogP contribution < -0.4 is 5.32 Å². The molecule has 0 saturated heterocycles. The zero-order valence-electron chi connectivity index (χ0n) is 9.49. The molecule has 2 N–H and O–H groups in total. The Kier molecular flexibility index (Phi) is 3.56. The van der Waals surface area contributed by atoms with Gasteiger partial charge in [0, 0.05) is 6.54 Å². The normalized spacial score (nSPS) is 25.4. The predicted molar refractivity (Wildman–Crippen MR) is 61.5 cm³/mol. The van der Waals surface area contributed by atoms with Crippen molar-refractivity contribution in [3.05, 3.63) is 35.6 Å². The first-order chi connectivity index (χ1) is 7.66. The van der Waals surface area contributed by atoms with E-state index in [0.717, 1.165) is 23.9 Å². The summed E-state index contributed by atoms with van der Waals surface area (Å²) in [5.74, 6) is 1.34. The Morgan fingerprint density at radius 3 is 2.62 bits per heavy atom. The average molecular weight is 223 g/mol. The highest BCUT2D eigenvalue weighted by atomic mass is 19.1. The summed E-state index contributed by atoms with van der Waals surface area (Å²) in [5, 5.41) is 13.1. The van der Waals surface area contributed by atoms with Gasteiger partial charge in [0.15, 0.2) is 0 Å². The predicted octanol–water partition coefficient (Wildman–Crippen LogP) is 2.10. The Hall–Kier alpha value is -0.930. The van der Waals surface area contributed by atoms with Gasteiger partial charge in [-0.1, -0.05) is 19.1 Å². The van der Waals surface area contributed by atoms with Crippen molar-refractivity contribution in [3.63, 3.8) is 0 Å². The zero-order valence-corrected chi connectivity index (χ0v) is 9.49. The zero-order chi connectivity index (χ0) is 11.5. The summed E-state index contributed by atoms with van der Waals surface area (Å²) < 4.78 is 12.7. The fraction of sp³-hybridized carbons (Fsp3) is 0.538. The van der Waals surface area contributed by atoms with Gasteiger partial charge in [-0.3, -0.25) is 0 Å². The maximum absolute atomic E-state index is 12.7. The molecule has 16 heavy (non-hydrogen) atoms. The van der Waals surface area contributed by atoms with Crippen LogP contribution in [0.5, 0.6) is 0 Å². The molecule has 1 saturated carbocycles. The van der Waals surface area contributed by atoms with E-state index in [1.165, 1.54) is 18.6 Å². The average Bonchev–Trinajstić information content (AvgIpc) is 2.95. The summed E-state index contributed by atoms with van der Waals surface area (Å²) in [6, 6.07) is 6.01. The van der Waals surface area contributed by atoms with Crippen LogP contribution in [0.4, 0.5) is 4.39 Å². The van der Waals surface area contributed by atoms with Crippen LogP contribution in [0.1, 0.15) is 25.0 Å².